The van der Waals surface area contributed by atoms with Crippen molar-refractivity contribution in [3.63, 3.8) is 0 Å². The lowest BCUT2D eigenvalue weighted by atomic mass is 9.89. The second-order valence-electron chi connectivity index (χ2n) is 5.75. The van der Waals surface area contributed by atoms with E-state index in [-0.39, 0.29) is 25.0 Å². The fourth-order valence-corrected chi connectivity index (χ4v) is 2.54. The Bertz CT molecular complexity index is 556. The van der Waals surface area contributed by atoms with Crippen LogP contribution in [-0.4, -0.2) is 30.9 Å². The van der Waals surface area contributed by atoms with Crippen molar-refractivity contribution in [2.75, 3.05) is 13.2 Å². The molecule has 0 heterocycles. The highest BCUT2D eigenvalue weighted by Crippen LogP contribution is 2.23. The third-order valence-electron chi connectivity index (χ3n) is 3.86. The maximum atomic E-state index is 11.9. The highest BCUT2D eigenvalue weighted by Gasteiger charge is 2.21. The zero-order valence-corrected chi connectivity index (χ0v) is 13.5. The van der Waals surface area contributed by atoms with Crippen LogP contribution in [0.5, 0.6) is 5.75 Å². The van der Waals surface area contributed by atoms with Crippen LogP contribution in [0.3, 0.4) is 0 Å². The number of benzene rings is 1. The minimum absolute atomic E-state index is 0.0343. The Kier molecular flexibility index (Phi) is 7.07. The molecule has 7 nitrogen and oxygen atoms in total. The van der Waals surface area contributed by atoms with Crippen molar-refractivity contribution in [2.45, 2.75) is 32.1 Å². The first-order valence-corrected chi connectivity index (χ1v) is 8.18. The van der Waals surface area contributed by atoms with E-state index in [1.807, 2.05) is 6.07 Å². The van der Waals surface area contributed by atoms with Crippen LogP contribution in [0, 0.1) is 5.92 Å². The Labute approximate surface area is 141 Å². The zero-order valence-electron chi connectivity index (χ0n) is 13.5. The fourth-order valence-electron chi connectivity index (χ4n) is 2.54. The van der Waals surface area contributed by atoms with Gasteiger partial charge >= 0.3 is 0 Å². The van der Waals surface area contributed by atoms with Gasteiger partial charge in [-0.1, -0.05) is 37.5 Å². The highest BCUT2D eigenvalue weighted by atomic mass is 16.5. The van der Waals surface area contributed by atoms with Crippen LogP contribution in [0.15, 0.2) is 30.3 Å². The maximum absolute atomic E-state index is 11.9. The van der Waals surface area contributed by atoms with E-state index in [9.17, 15) is 14.4 Å². The molecule has 0 bridgehead atoms. The quantitative estimate of drug-likeness (QED) is 0.674. The fraction of sp³-hybridized carbons (Fsp3) is 0.471. The van der Waals surface area contributed by atoms with Gasteiger partial charge in [-0.15, -0.1) is 0 Å². The van der Waals surface area contributed by atoms with E-state index in [0.717, 1.165) is 32.1 Å². The van der Waals surface area contributed by atoms with Gasteiger partial charge in [-0.3, -0.25) is 25.2 Å². The molecule has 1 aliphatic carbocycles. The van der Waals surface area contributed by atoms with Crippen molar-refractivity contribution in [2.24, 2.45) is 5.92 Å². The third-order valence-corrected chi connectivity index (χ3v) is 3.86. The molecule has 0 aliphatic heterocycles. The molecule has 1 aromatic carbocycles. The lowest BCUT2D eigenvalue weighted by Crippen LogP contribution is -2.48. The molecule has 1 aromatic rings. The van der Waals surface area contributed by atoms with Gasteiger partial charge in [-0.25, -0.2) is 0 Å². The van der Waals surface area contributed by atoms with Gasteiger partial charge in [0.2, 0.25) is 5.91 Å². The molecule has 130 valence electrons. The Morgan fingerprint density at radius 1 is 0.958 bits per heavy atom. The SMILES string of the molecule is O=C(COc1ccccc1)NCC(=O)NNC(=O)C1CCCCC1. The molecule has 0 aromatic heterocycles. The van der Waals surface area contributed by atoms with Gasteiger partial charge in [-0.2, -0.15) is 0 Å². The van der Waals surface area contributed by atoms with Gasteiger partial charge < -0.3 is 10.1 Å². The first-order chi connectivity index (χ1) is 11.6. The monoisotopic (exact) mass is 333 g/mol. The Morgan fingerprint density at radius 3 is 2.38 bits per heavy atom. The van der Waals surface area contributed by atoms with Crippen LogP contribution in [-0.2, 0) is 14.4 Å². The van der Waals surface area contributed by atoms with Gasteiger partial charge in [-0.05, 0) is 25.0 Å². The van der Waals surface area contributed by atoms with E-state index in [2.05, 4.69) is 16.2 Å². The van der Waals surface area contributed by atoms with Crippen molar-refractivity contribution in [1.29, 1.82) is 0 Å². The van der Waals surface area contributed by atoms with Crippen molar-refractivity contribution >= 4 is 17.7 Å². The summed E-state index contributed by atoms with van der Waals surface area (Å²) in [7, 11) is 0. The molecule has 24 heavy (non-hydrogen) atoms. The lowest BCUT2D eigenvalue weighted by Gasteiger charge is -2.20. The molecular weight excluding hydrogens is 310 g/mol. The number of hydrogen-bond donors (Lipinski definition) is 3. The first-order valence-electron chi connectivity index (χ1n) is 8.18. The molecule has 0 radical (unpaired) electrons. The minimum Gasteiger partial charge on any atom is -0.484 e. The summed E-state index contributed by atoms with van der Waals surface area (Å²) in [6.45, 7) is -0.395. The Hall–Kier alpha value is -2.57. The number of nitrogens with one attached hydrogen (secondary N) is 3. The normalized spacial score (nSPS) is 14.5. The number of rotatable bonds is 6. The van der Waals surface area contributed by atoms with Crippen LogP contribution < -0.4 is 20.9 Å². The number of hydrazine groups is 1. The molecule has 0 saturated heterocycles. The first kappa shape index (κ1) is 17.8. The van der Waals surface area contributed by atoms with Crippen LogP contribution in [0.2, 0.25) is 0 Å². The summed E-state index contributed by atoms with van der Waals surface area (Å²) in [5, 5.41) is 2.43. The summed E-state index contributed by atoms with van der Waals surface area (Å²) < 4.78 is 5.26. The van der Waals surface area contributed by atoms with E-state index in [0.29, 0.717) is 5.75 Å². The Balaban J connectivity index is 1.58. The molecule has 3 N–H and O–H groups in total. The highest BCUT2D eigenvalue weighted by molar-refractivity contribution is 5.87. The van der Waals surface area contributed by atoms with Crippen molar-refractivity contribution in [1.82, 2.24) is 16.2 Å². The second kappa shape index (κ2) is 9.54. The lowest BCUT2D eigenvalue weighted by molar-refractivity contribution is -0.132. The number of hydrogen-bond acceptors (Lipinski definition) is 4. The summed E-state index contributed by atoms with van der Waals surface area (Å²) in [6.07, 6.45) is 4.96. The molecule has 1 fully saturated rings. The molecule has 1 saturated carbocycles. The van der Waals surface area contributed by atoms with E-state index >= 15 is 0 Å². The van der Waals surface area contributed by atoms with E-state index in [1.54, 1.807) is 24.3 Å². The summed E-state index contributed by atoms with van der Waals surface area (Å²) >= 11 is 0. The van der Waals surface area contributed by atoms with E-state index in [1.165, 1.54) is 0 Å². The maximum Gasteiger partial charge on any atom is 0.258 e. The number of carbonyl (C=O) groups excluding carboxylic acids is 3. The predicted octanol–water partition coefficient (Wildman–Crippen LogP) is 0.909. The smallest absolute Gasteiger partial charge is 0.258 e. The molecule has 0 atom stereocenters. The molecule has 1 aliphatic rings. The largest absolute Gasteiger partial charge is 0.484 e. The van der Waals surface area contributed by atoms with Crippen LogP contribution in [0.25, 0.3) is 0 Å². The topological polar surface area (TPSA) is 96.5 Å². The Morgan fingerprint density at radius 2 is 1.67 bits per heavy atom. The van der Waals surface area contributed by atoms with Crippen molar-refractivity contribution in [3.8, 4) is 5.75 Å². The zero-order chi connectivity index (χ0) is 17.2. The number of para-hydroxylation sites is 1. The number of ether oxygens (including phenoxy) is 1. The van der Waals surface area contributed by atoms with Crippen LogP contribution in [0.1, 0.15) is 32.1 Å². The van der Waals surface area contributed by atoms with Crippen LogP contribution >= 0.6 is 0 Å². The van der Waals surface area contributed by atoms with Crippen LogP contribution in [0.4, 0.5) is 0 Å². The van der Waals surface area contributed by atoms with Crippen molar-refractivity contribution < 1.29 is 19.1 Å². The predicted molar refractivity (Wildman–Crippen MR) is 87.8 cm³/mol. The third kappa shape index (κ3) is 6.28. The summed E-state index contributed by atoms with van der Waals surface area (Å²) in [6, 6.07) is 8.92. The van der Waals surface area contributed by atoms with Gasteiger partial charge in [0, 0.05) is 5.92 Å². The molecule has 3 amide bonds. The molecule has 2 rings (SSSR count). The van der Waals surface area contributed by atoms with Gasteiger partial charge in [0.1, 0.15) is 5.75 Å². The summed E-state index contributed by atoms with van der Waals surface area (Å²) in [5.41, 5.74) is 4.73. The standard InChI is InChI=1S/C17H23N3O4/c21-15(19-20-17(23)13-7-3-1-4-8-13)11-18-16(22)12-24-14-9-5-2-6-10-14/h2,5-6,9-10,13H,1,3-4,7-8,11-12H2,(H,18,22)(H,19,21)(H,20,23). The van der Waals surface area contributed by atoms with Gasteiger partial charge in [0.15, 0.2) is 6.61 Å². The average molecular weight is 333 g/mol. The molecule has 0 spiro atoms. The molecular formula is C17H23N3O4. The summed E-state index contributed by atoms with van der Waals surface area (Å²) in [4.78, 5) is 35.1. The van der Waals surface area contributed by atoms with Gasteiger partial charge in [0.25, 0.3) is 11.8 Å². The molecule has 7 heteroatoms. The van der Waals surface area contributed by atoms with Gasteiger partial charge in [0.05, 0.1) is 6.54 Å². The second-order valence-corrected chi connectivity index (χ2v) is 5.75. The van der Waals surface area contributed by atoms with Crippen molar-refractivity contribution in [3.05, 3.63) is 30.3 Å². The van der Waals surface area contributed by atoms with E-state index < -0.39 is 11.8 Å². The average Bonchev–Trinajstić information content (AvgIpc) is 2.64. The number of carbonyl (C=O) groups is 3. The van der Waals surface area contributed by atoms with E-state index in [4.69, 9.17) is 4.74 Å². The minimum atomic E-state index is -0.479. The molecule has 0 unspecified atom stereocenters. The summed E-state index contributed by atoms with van der Waals surface area (Å²) in [5.74, 6) is -0.508. The number of amides is 3.